The Kier molecular flexibility index (Phi) is 8.10. The van der Waals surface area contributed by atoms with Gasteiger partial charge in [0, 0.05) is 30.7 Å². The third-order valence-electron chi connectivity index (χ3n) is 13.8. The van der Waals surface area contributed by atoms with Gasteiger partial charge in [-0.2, -0.15) is 0 Å². The number of benzene rings is 10. The van der Waals surface area contributed by atoms with Crippen LogP contribution in [-0.2, 0) is 5.41 Å². The van der Waals surface area contributed by atoms with Crippen LogP contribution in [0.4, 0.5) is 34.1 Å². The first-order chi connectivity index (χ1) is 32.2. The minimum absolute atomic E-state index is 0.491. The van der Waals surface area contributed by atoms with Crippen molar-refractivity contribution in [2.24, 2.45) is 0 Å². The van der Waals surface area contributed by atoms with Gasteiger partial charge in [-0.3, -0.25) is 0 Å². The summed E-state index contributed by atoms with van der Waals surface area (Å²) in [6.45, 7) is 0. The molecule has 0 N–H and O–H groups in total. The van der Waals surface area contributed by atoms with E-state index in [0.717, 1.165) is 0 Å². The smallest absolute Gasteiger partial charge is 0.0726 e. The number of nitrogens with zero attached hydrogens (tertiary/aromatic N) is 2. The van der Waals surface area contributed by atoms with Crippen molar-refractivity contribution >= 4 is 80.6 Å². The van der Waals surface area contributed by atoms with E-state index in [1.54, 1.807) is 0 Å². The molecule has 0 aromatic heterocycles. The lowest BCUT2D eigenvalue weighted by Crippen LogP contribution is -2.26. The Bertz CT molecular complexity index is 3520. The van der Waals surface area contributed by atoms with Crippen LogP contribution < -0.4 is 9.80 Å². The minimum atomic E-state index is -0.491. The van der Waals surface area contributed by atoms with E-state index in [0.29, 0.717) is 0 Å². The molecule has 0 fully saturated rings. The van der Waals surface area contributed by atoms with Crippen LogP contribution in [-0.4, -0.2) is 0 Å². The Morgan fingerprint density at radius 2 is 0.785 bits per heavy atom. The second-order valence-corrected chi connectivity index (χ2v) is 19.3. The van der Waals surface area contributed by atoms with Gasteiger partial charge in [-0.25, -0.2) is 0 Å². The van der Waals surface area contributed by atoms with Crippen molar-refractivity contribution < 1.29 is 0 Å². The summed E-state index contributed by atoms with van der Waals surface area (Å²) < 4.78 is 0. The molecule has 4 heteroatoms. The highest BCUT2D eigenvalue weighted by molar-refractivity contribution is 8.00. The molecule has 304 valence electrons. The second kappa shape index (κ2) is 14.3. The normalized spacial score (nSPS) is 14.3. The van der Waals surface area contributed by atoms with Gasteiger partial charge in [0.1, 0.15) is 0 Å². The number of hydrogen-bond donors (Lipinski definition) is 0. The quantitative estimate of drug-likeness (QED) is 0.163. The van der Waals surface area contributed by atoms with E-state index in [9.17, 15) is 0 Å². The summed E-state index contributed by atoms with van der Waals surface area (Å²) >= 11 is 3.70. The van der Waals surface area contributed by atoms with E-state index in [-0.39, 0.29) is 0 Å². The molecule has 65 heavy (non-hydrogen) atoms. The Hall–Kier alpha value is -7.50. The van der Waals surface area contributed by atoms with Gasteiger partial charge in [-0.05, 0) is 134 Å². The average molecular weight is 863 g/mol. The van der Waals surface area contributed by atoms with Gasteiger partial charge in [0.15, 0.2) is 0 Å². The zero-order valence-electron chi connectivity index (χ0n) is 35.2. The van der Waals surface area contributed by atoms with Gasteiger partial charge in [-0.1, -0.05) is 181 Å². The lowest BCUT2D eigenvalue weighted by atomic mass is 9.70. The monoisotopic (exact) mass is 862 g/mol. The highest BCUT2D eigenvalue weighted by atomic mass is 32.2. The highest BCUT2D eigenvalue weighted by Gasteiger charge is 2.52. The maximum absolute atomic E-state index is 2.50. The summed E-state index contributed by atoms with van der Waals surface area (Å²) in [6.07, 6.45) is 4.63. The summed E-state index contributed by atoms with van der Waals surface area (Å²) in [5, 5.41) is 2.45. The fourth-order valence-corrected chi connectivity index (χ4v) is 13.3. The molecule has 2 aliphatic carbocycles. The molecule has 0 atom stereocenters. The van der Waals surface area contributed by atoms with Gasteiger partial charge >= 0.3 is 0 Å². The summed E-state index contributed by atoms with van der Waals surface area (Å²) in [5.74, 6) is 0. The van der Waals surface area contributed by atoms with Crippen LogP contribution in [0.1, 0.15) is 33.4 Å². The van der Waals surface area contributed by atoms with E-state index in [1.807, 2.05) is 23.5 Å². The molecule has 0 amide bonds. The van der Waals surface area contributed by atoms with Crippen LogP contribution in [0.25, 0.3) is 45.2 Å². The third-order valence-corrected chi connectivity index (χ3v) is 16.1. The van der Waals surface area contributed by atoms with Gasteiger partial charge in [-0.15, -0.1) is 0 Å². The topological polar surface area (TPSA) is 6.48 Å². The van der Waals surface area contributed by atoms with E-state index in [2.05, 4.69) is 240 Å². The number of rotatable bonds is 4. The molecule has 0 unspecified atom stereocenters. The van der Waals surface area contributed by atoms with Gasteiger partial charge < -0.3 is 9.80 Å². The van der Waals surface area contributed by atoms with Crippen LogP contribution in [0.5, 0.6) is 0 Å². The van der Waals surface area contributed by atoms with Crippen LogP contribution in [0.3, 0.4) is 0 Å². The van der Waals surface area contributed by atoms with Gasteiger partial charge in [0.2, 0.25) is 0 Å². The standard InChI is InChI=1S/C61H38N2S2/c1-3-20-48-43(16-1)44-17-2-4-21-49(44)61(48)50-37-39(32-35-45(50)46-36-34-41(38-51(46)61)62-53-22-5-9-27-57(53)64-58-28-10-6-23-54(58)62)31-33-40-15-13-19-47-42(40)18-14-26-52(47)63-55-24-7-11-29-59(55)65-60-30-12-8-25-56(60)63/h1-38H/b33-31+. The Balaban J connectivity index is 0.924. The Morgan fingerprint density at radius 1 is 0.323 bits per heavy atom. The molecule has 2 heterocycles. The van der Waals surface area contributed by atoms with Gasteiger partial charge in [0.25, 0.3) is 0 Å². The van der Waals surface area contributed by atoms with E-state index in [1.165, 1.54) is 120 Å². The zero-order valence-corrected chi connectivity index (χ0v) is 36.8. The minimum Gasteiger partial charge on any atom is -0.308 e. The number of para-hydroxylation sites is 4. The first-order valence-electron chi connectivity index (χ1n) is 22.2. The fourth-order valence-electron chi connectivity index (χ4n) is 11.2. The second-order valence-electron chi connectivity index (χ2n) is 17.2. The molecule has 2 aliphatic heterocycles. The lowest BCUT2D eigenvalue weighted by Gasteiger charge is -2.35. The summed E-state index contributed by atoms with van der Waals surface area (Å²) in [6, 6.07) is 81.2. The van der Waals surface area contributed by atoms with Crippen molar-refractivity contribution in [1.29, 1.82) is 0 Å². The van der Waals surface area contributed by atoms with Crippen molar-refractivity contribution in [3.8, 4) is 22.3 Å². The summed E-state index contributed by atoms with van der Waals surface area (Å²) in [4.78, 5) is 9.97. The van der Waals surface area contributed by atoms with Crippen LogP contribution in [0, 0.1) is 0 Å². The Morgan fingerprint density at radius 3 is 1.40 bits per heavy atom. The SMILES string of the molecule is C(=C\c1cccc2c(N3c4ccccc4Sc4ccccc43)cccc12)/c1ccc2c(c1)C1(c3ccccc3-c3ccccc31)c1cc(N3c4ccccc4Sc4ccccc43)ccc1-2. The largest absolute Gasteiger partial charge is 0.308 e. The molecular weight excluding hydrogens is 825 g/mol. The molecular formula is C61H38N2S2. The summed E-state index contributed by atoms with van der Waals surface area (Å²) in [5.41, 5.74) is 19.6. The Labute approximate surface area is 387 Å². The van der Waals surface area contributed by atoms with E-state index >= 15 is 0 Å². The van der Waals surface area contributed by atoms with Crippen molar-refractivity contribution in [3.63, 3.8) is 0 Å². The number of hydrogen-bond acceptors (Lipinski definition) is 4. The average Bonchev–Trinajstić information content (AvgIpc) is 3.83. The van der Waals surface area contributed by atoms with E-state index < -0.39 is 5.41 Å². The highest BCUT2D eigenvalue weighted by Crippen LogP contribution is 2.64. The van der Waals surface area contributed by atoms with Crippen molar-refractivity contribution in [1.82, 2.24) is 0 Å². The first-order valence-corrected chi connectivity index (χ1v) is 23.9. The lowest BCUT2D eigenvalue weighted by molar-refractivity contribution is 0.793. The maximum atomic E-state index is 2.50. The molecule has 0 saturated heterocycles. The predicted molar refractivity (Wildman–Crippen MR) is 273 cm³/mol. The number of anilines is 6. The predicted octanol–water partition coefficient (Wildman–Crippen LogP) is 17.2. The van der Waals surface area contributed by atoms with Crippen molar-refractivity contribution in [2.45, 2.75) is 25.0 Å². The molecule has 14 rings (SSSR count). The summed E-state index contributed by atoms with van der Waals surface area (Å²) in [7, 11) is 0. The molecule has 0 bridgehead atoms. The zero-order chi connectivity index (χ0) is 42.6. The van der Waals surface area contributed by atoms with Crippen molar-refractivity contribution in [3.05, 3.63) is 252 Å². The fraction of sp³-hybridized carbons (Fsp3) is 0.0164. The molecule has 4 aliphatic rings. The molecule has 10 aromatic carbocycles. The van der Waals surface area contributed by atoms with Crippen molar-refractivity contribution in [2.75, 3.05) is 9.80 Å². The van der Waals surface area contributed by atoms with Crippen LogP contribution in [0.2, 0.25) is 0 Å². The first kappa shape index (κ1) is 36.9. The number of fused-ring (bicyclic) bond motifs is 15. The third kappa shape index (κ3) is 5.33. The molecule has 1 spiro atoms. The molecule has 10 aromatic rings. The molecule has 0 saturated carbocycles. The molecule has 0 radical (unpaired) electrons. The van der Waals surface area contributed by atoms with Crippen LogP contribution in [0.15, 0.2) is 238 Å². The van der Waals surface area contributed by atoms with E-state index in [4.69, 9.17) is 0 Å². The molecule has 2 nitrogen and oxygen atoms in total. The van der Waals surface area contributed by atoms with Crippen LogP contribution >= 0.6 is 23.5 Å². The maximum Gasteiger partial charge on any atom is 0.0726 e. The van der Waals surface area contributed by atoms with Gasteiger partial charge in [0.05, 0.1) is 33.9 Å².